The highest BCUT2D eigenvalue weighted by atomic mass is 32.1. The molecular weight excluding hydrogens is 224 g/mol. The third kappa shape index (κ3) is 2.01. The second kappa shape index (κ2) is 4.13. The lowest BCUT2D eigenvalue weighted by molar-refractivity contribution is 0.522. The number of aryl methyl sites for hydroxylation is 2. The van der Waals surface area contributed by atoms with E-state index in [4.69, 9.17) is 5.73 Å². The van der Waals surface area contributed by atoms with Crippen LogP contribution in [0.5, 0.6) is 0 Å². The zero-order valence-corrected chi connectivity index (χ0v) is 10.1. The number of thiazole rings is 1. The lowest BCUT2D eigenvalue weighted by Gasteiger charge is -2.04. The molecule has 0 radical (unpaired) electrons. The molecule has 0 aliphatic rings. The fourth-order valence-electron chi connectivity index (χ4n) is 1.55. The summed E-state index contributed by atoms with van der Waals surface area (Å²) < 4.78 is 3.52. The van der Waals surface area contributed by atoms with Crippen molar-refractivity contribution in [2.45, 2.75) is 26.9 Å². The summed E-state index contributed by atoms with van der Waals surface area (Å²) in [6.45, 7) is 5.22. The average Bonchev–Trinajstić information content (AvgIpc) is 2.72. The van der Waals surface area contributed by atoms with Gasteiger partial charge in [0, 0.05) is 23.3 Å². The van der Waals surface area contributed by atoms with Gasteiger partial charge in [-0.2, -0.15) is 5.10 Å². The largest absolute Gasteiger partial charge is 0.396 e. The summed E-state index contributed by atoms with van der Waals surface area (Å²) in [5, 5.41) is 4.08. The second-order valence-corrected chi connectivity index (χ2v) is 4.86. The van der Waals surface area contributed by atoms with Crippen molar-refractivity contribution < 1.29 is 0 Å². The minimum atomic E-state index is 0.0927. The molecule has 5 nitrogen and oxygen atoms in total. The molecule has 0 spiro atoms. The van der Waals surface area contributed by atoms with Gasteiger partial charge >= 0.3 is 4.87 Å². The first-order valence-electron chi connectivity index (χ1n) is 5.02. The van der Waals surface area contributed by atoms with Gasteiger partial charge in [0.15, 0.2) is 0 Å². The Balaban J connectivity index is 2.13. The summed E-state index contributed by atoms with van der Waals surface area (Å²) in [5.74, 6) is 0. The molecule has 2 aromatic rings. The summed E-state index contributed by atoms with van der Waals surface area (Å²) in [6, 6.07) is 0. The molecule has 2 heterocycles. The van der Waals surface area contributed by atoms with Crippen molar-refractivity contribution in [1.82, 2.24) is 14.3 Å². The van der Waals surface area contributed by atoms with Crippen molar-refractivity contribution in [2.24, 2.45) is 0 Å². The first-order valence-corrected chi connectivity index (χ1v) is 5.84. The van der Waals surface area contributed by atoms with Crippen molar-refractivity contribution >= 4 is 17.0 Å². The fourth-order valence-corrected chi connectivity index (χ4v) is 2.41. The lowest BCUT2D eigenvalue weighted by Crippen LogP contribution is -2.18. The molecule has 86 valence electrons. The molecule has 2 rings (SSSR count). The number of nitrogens with two attached hydrogens (primary N) is 1. The van der Waals surface area contributed by atoms with Crippen LogP contribution in [0.1, 0.15) is 10.6 Å². The van der Waals surface area contributed by atoms with Crippen LogP contribution in [-0.4, -0.2) is 14.3 Å². The minimum absolute atomic E-state index is 0.0927. The molecule has 0 bridgehead atoms. The second-order valence-electron chi connectivity index (χ2n) is 3.70. The Bertz CT molecular complexity index is 551. The van der Waals surface area contributed by atoms with E-state index in [0.29, 0.717) is 18.8 Å². The summed E-state index contributed by atoms with van der Waals surface area (Å²) in [6.07, 6.45) is 3.37. The Kier molecular flexibility index (Phi) is 2.82. The highest BCUT2D eigenvalue weighted by Gasteiger charge is 2.07. The quantitative estimate of drug-likeness (QED) is 0.867. The number of aromatic nitrogens is 3. The summed E-state index contributed by atoms with van der Waals surface area (Å²) in [5.41, 5.74) is 7.24. The average molecular weight is 238 g/mol. The number of rotatable bonds is 3. The summed E-state index contributed by atoms with van der Waals surface area (Å²) in [7, 11) is 0. The van der Waals surface area contributed by atoms with Crippen LogP contribution in [0, 0.1) is 13.8 Å². The molecule has 0 amide bonds. The number of anilines is 1. The Hall–Kier alpha value is -1.56. The highest BCUT2D eigenvalue weighted by molar-refractivity contribution is 7.09. The van der Waals surface area contributed by atoms with Gasteiger partial charge in [0.2, 0.25) is 0 Å². The Morgan fingerprint density at radius 1 is 1.44 bits per heavy atom. The lowest BCUT2D eigenvalue weighted by atomic mass is 10.4. The van der Waals surface area contributed by atoms with E-state index < -0.39 is 0 Å². The monoisotopic (exact) mass is 238 g/mol. The van der Waals surface area contributed by atoms with Crippen LogP contribution < -0.4 is 10.6 Å². The maximum atomic E-state index is 11.6. The third-order valence-electron chi connectivity index (χ3n) is 2.58. The first kappa shape index (κ1) is 10.9. The maximum Gasteiger partial charge on any atom is 0.307 e. The Morgan fingerprint density at radius 2 is 2.19 bits per heavy atom. The van der Waals surface area contributed by atoms with Gasteiger partial charge in [-0.3, -0.25) is 9.48 Å². The minimum Gasteiger partial charge on any atom is -0.396 e. The normalized spacial score (nSPS) is 10.9. The number of nitrogen functional groups attached to an aromatic ring is 1. The van der Waals surface area contributed by atoms with Gasteiger partial charge in [-0.05, 0) is 13.8 Å². The molecule has 6 heteroatoms. The van der Waals surface area contributed by atoms with Gasteiger partial charge in [-0.15, -0.1) is 0 Å². The molecule has 0 unspecified atom stereocenters. The molecule has 0 aromatic carbocycles. The van der Waals surface area contributed by atoms with Crippen LogP contribution in [0.3, 0.4) is 0 Å². The Morgan fingerprint density at radius 3 is 2.69 bits per heavy atom. The standard InChI is InChI=1S/C10H14N4OS/c1-7-8(2)16-10(15)14(7)4-3-13-6-9(11)5-12-13/h5-6H,3-4,11H2,1-2H3. The van der Waals surface area contributed by atoms with Gasteiger partial charge in [0.25, 0.3) is 0 Å². The number of hydrogen-bond donors (Lipinski definition) is 1. The van der Waals surface area contributed by atoms with Gasteiger partial charge in [0.05, 0.1) is 18.4 Å². The molecule has 0 atom stereocenters. The van der Waals surface area contributed by atoms with Crippen LogP contribution in [0.15, 0.2) is 17.2 Å². The van der Waals surface area contributed by atoms with Crippen LogP contribution in [-0.2, 0) is 13.1 Å². The third-order valence-corrected chi connectivity index (χ3v) is 3.58. The van der Waals surface area contributed by atoms with Crippen LogP contribution in [0.2, 0.25) is 0 Å². The molecule has 0 saturated carbocycles. The first-order chi connectivity index (χ1) is 7.58. The summed E-state index contributed by atoms with van der Waals surface area (Å²) in [4.78, 5) is 12.8. The van der Waals surface area contributed by atoms with Gasteiger partial charge in [-0.25, -0.2) is 0 Å². The van der Waals surface area contributed by atoms with Crippen LogP contribution in [0.4, 0.5) is 5.69 Å². The van der Waals surface area contributed by atoms with E-state index in [1.807, 2.05) is 13.8 Å². The molecule has 0 aliphatic carbocycles. The maximum absolute atomic E-state index is 11.6. The van der Waals surface area contributed by atoms with Crippen molar-refractivity contribution in [3.8, 4) is 0 Å². The van der Waals surface area contributed by atoms with E-state index in [-0.39, 0.29) is 4.87 Å². The predicted molar refractivity (Wildman–Crippen MR) is 64.7 cm³/mol. The Labute approximate surface area is 97.1 Å². The van der Waals surface area contributed by atoms with E-state index in [0.717, 1.165) is 10.6 Å². The van der Waals surface area contributed by atoms with Gasteiger partial charge in [0.1, 0.15) is 0 Å². The highest BCUT2D eigenvalue weighted by Crippen LogP contribution is 2.09. The predicted octanol–water partition coefficient (Wildman–Crippen LogP) is 1.01. The van der Waals surface area contributed by atoms with E-state index in [1.165, 1.54) is 11.3 Å². The van der Waals surface area contributed by atoms with Crippen molar-refractivity contribution in [3.05, 3.63) is 32.6 Å². The molecule has 16 heavy (non-hydrogen) atoms. The topological polar surface area (TPSA) is 65.8 Å². The van der Waals surface area contributed by atoms with Crippen molar-refractivity contribution in [1.29, 1.82) is 0 Å². The molecule has 0 fully saturated rings. The van der Waals surface area contributed by atoms with Gasteiger partial charge in [-0.1, -0.05) is 11.3 Å². The SMILES string of the molecule is Cc1sc(=O)n(CCn2cc(N)cn2)c1C. The molecule has 2 N–H and O–H groups in total. The zero-order chi connectivity index (χ0) is 11.7. The number of hydrogen-bond acceptors (Lipinski definition) is 4. The smallest absolute Gasteiger partial charge is 0.307 e. The van der Waals surface area contributed by atoms with Crippen LogP contribution in [0.25, 0.3) is 0 Å². The van der Waals surface area contributed by atoms with E-state index in [2.05, 4.69) is 5.10 Å². The molecule has 2 aromatic heterocycles. The van der Waals surface area contributed by atoms with Crippen LogP contribution >= 0.6 is 11.3 Å². The van der Waals surface area contributed by atoms with Crippen molar-refractivity contribution in [2.75, 3.05) is 5.73 Å². The van der Waals surface area contributed by atoms with E-state index in [1.54, 1.807) is 21.6 Å². The van der Waals surface area contributed by atoms with E-state index >= 15 is 0 Å². The fraction of sp³-hybridized carbons (Fsp3) is 0.400. The molecular formula is C10H14N4OS. The van der Waals surface area contributed by atoms with E-state index in [9.17, 15) is 4.79 Å². The molecule has 0 aliphatic heterocycles. The van der Waals surface area contributed by atoms with Gasteiger partial charge < -0.3 is 10.3 Å². The van der Waals surface area contributed by atoms with Crippen molar-refractivity contribution in [3.63, 3.8) is 0 Å². The summed E-state index contributed by atoms with van der Waals surface area (Å²) >= 11 is 1.29. The zero-order valence-electron chi connectivity index (χ0n) is 9.30. The molecule has 0 saturated heterocycles. The number of nitrogens with zero attached hydrogens (tertiary/aromatic N) is 3.